The van der Waals surface area contributed by atoms with Gasteiger partial charge in [0.15, 0.2) is 5.60 Å². The van der Waals surface area contributed by atoms with Crippen LogP contribution in [0.4, 0.5) is 0 Å². The number of ether oxygens (including phenoxy) is 1. The Morgan fingerprint density at radius 3 is 3.00 bits per heavy atom. The summed E-state index contributed by atoms with van der Waals surface area (Å²) < 4.78 is 10.9. The van der Waals surface area contributed by atoms with Crippen molar-refractivity contribution in [2.24, 2.45) is 0 Å². The van der Waals surface area contributed by atoms with Gasteiger partial charge < -0.3 is 19.7 Å². The van der Waals surface area contributed by atoms with Gasteiger partial charge in [0.05, 0.1) is 0 Å². The highest BCUT2D eigenvalue weighted by Crippen LogP contribution is 2.29. The van der Waals surface area contributed by atoms with Gasteiger partial charge in [0.25, 0.3) is 5.89 Å². The minimum Gasteiger partial charge on any atom is -0.379 e. The SMILES string of the molecule is CCCC(OCC)c1noc(C2(O)CCCNC2)n1. The van der Waals surface area contributed by atoms with E-state index in [0.717, 1.165) is 25.8 Å². The maximum absolute atomic E-state index is 10.5. The number of aliphatic hydroxyl groups is 1. The monoisotopic (exact) mass is 269 g/mol. The summed E-state index contributed by atoms with van der Waals surface area (Å²) in [7, 11) is 0. The molecule has 2 atom stereocenters. The average Bonchev–Trinajstić information content (AvgIpc) is 2.90. The lowest BCUT2D eigenvalue weighted by Gasteiger charge is -2.28. The highest BCUT2D eigenvalue weighted by molar-refractivity contribution is 5.03. The fourth-order valence-corrected chi connectivity index (χ4v) is 2.38. The first-order valence-electron chi connectivity index (χ1n) is 7.08. The van der Waals surface area contributed by atoms with E-state index in [1.165, 1.54) is 0 Å². The Labute approximate surface area is 113 Å². The van der Waals surface area contributed by atoms with Crippen molar-refractivity contribution >= 4 is 0 Å². The van der Waals surface area contributed by atoms with Gasteiger partial charge in [-0.05, 0) is 32.7 Å². The van der Waals surface area contributed by atoms with E-state index in [4.69, 9.17) is 9.26 Å². The molecule has 1 aromatic heterocycles. The van der Waals surface area contributed by atoms with E-state index < -0.39 is 5.60 Å². The number of nitrogens with zero attached hydrogens (tertiary/aromatic N) is 2. The van der Waals surface area contributed by atoms with Gasteiger partial charge in [0.2, 0.25) is 5.82 Å². The number of hydrogen-bond donors (Lipinski definition) is 2. The molecule has 2 N–H and O–H groups in total. The largest absolute Gasteiger partial charge is 0.379 e. The maximum Gasteiger partial charge on any atom is 0.260 e. The van der Waals surface area contributed by atoms with Crippen molar-refractivity contribution in [1.82, 2.24) is 15.5 Å². The zero-order valence-corrected chi connectivity index (χ0v) is 11.7. The van der Waals surface area contributed by atoms with Gasteiger partial charge in [-0.15, -0.1) is 0 Å². The van der Waals surface area contributed by atoms with Crippen molar-refractivity contribution in [2.45, 2.75) is 51.2 Å². The summed E-state index contributed by atoms with van der Waals surface area (Å²) in [5, 5.41) is 17.6. The fraction of sp³-hybridized carbons (Fsp3) is 0.846. The second-order valence-electron chi connectivity index (χ2n) is 5.00. The molecule has 2 heterocycles. The van der Waals surface area contributed by atoms with Crippen molar-refractivity contribution in [3.63, 3.8) is 0 Å². The predicted octanol–water partition coefficient (Wildman–Crippen LogP) is 1.52. The molecule has 0 amide bonds. The number of hydrogen-bond acceptors (Lipinski definition) is 6. The average molecular weight is 269 g/mol. The van der Waals surface area contributed by atoms with E-state index in [-0.39, 0.29) is 6.10 Å². The lowest BCUT2D eigenvalue weighted by molar-refractivity contribution is -0.0167. The summed E-state index contributed by atoms with van der Waals surface area (Å²) in [6.45, 7) is 6.02. The van der Waals surface area contributed by atoms with E-state index in [1.54, 1.807) is 0 Å². The van der Waals surface area contributed by atoms with Crippen LogP contribution in [0.2, 0.25) is 0 Å². The lowest BCUT2D eigenvalue weighted by Crippen LogP contribution is -2.43. The molecule has 6 nitrogen and oxygen atoms in total. The first-order chi connectivity index (χ1) is 9.19. The minimum absolute atomic E-state index is 0.146. The fourth-order valence-electron chi connectivity index (χ4n) is 2.38. The summed E-state index contributed by atoms with van der Waals surface area (Å²) in [6.07, 6.45) is 3.24. The lowest BCUT2D eigenvalue weighted by atomic mass is 9.94. The van der Waals surface area contributed by atoms with Gasteiger partial charge in [-0.1, -0.05) is 18.5 Å². The second-order valence-corrected chi connectivity index (χ2v) is 5.00. The zero-order chi connectivity index (χ0) is 13.7. The molecule has 0 saturated carbocycles. The molecule has 1 saturated heterocycles. The van der Waals surface area contributed by atoms with Crippen LogP contribution < -0.4 is 5.32 Å². The van der Waals surface area contributed by atoms with Gasteiger partial charge in [-0.25, -0.2) is 0 Å². The van der Waals surface area contributed by atoms with Crippen LogP contribution in [0, 0.1) is 0 Å². The third kappa shape index (κ3) is 3.32. The molecule has 108 valence electrons. The Balaban J connectivity index is 2.12. The van der Waals surface area contributed by atoms with E-state index in [9.17, 15) is 5.11 Å². The first kappa shape index (κ1) is 14.4. The van der Waals surface area contributed by atoms with Crippen molar-refractivity contribution in [1.29, 1.82) is 0 Å². The highest BCUT2D eigenvalue weighted by Gasteiger charge is 2.37. The highest BCUT2D eigenvalue weighted by atomic mass is 16.5. The molecule has 1 aliphatic rings. The normalized spacial score (nSPS) is 25.4. The van der Waals surface area contributed by atoms with Crippen molar-refractivity contribution < 1.29 is 14.4 Å². The van der Waals surface area contributed by atoms with Crippen molar-refractivity contribution in [2.75, 3.05) is 19.7 Å². The van der Waals surface area contributed by atoms with E-state index in [0.29, 0.717) is 31.3 Å². The van der Waals surface area contributed by atoms with Crippen LogP contribution in [-0.4, -0.2) is 34.9 Å². The molecule has 0 bridgehead atoms. The molecule has 0 radical (unpaired) electrons. The van der Waals surface area contributed by atoms with Crippen molar-refractivity contribution in [3.8, 4) is 0 Å². The van der Waals surface area contributed by atoms with Crippen LogP contribution in [-0.2, 0) is 10.3 Å². The predicted molar refractivity (Wildman–Crippen MR) is 69.6 cm³/mol. The molecule has 2 unspecified atom stereocenters. The number of β-amino-alcohol motifs (C(OH)–C–C–N with tert-alkyl or cyclic N) is 1. The molecule has 1 aliphatic heterocycles. The molecule has 1 aromatic rings. The standard InChI is InChI=1S/C13H23N3O3/c1-3-6-10(18-4-2)11-15-12(19-16-11)13(17)7-5-8-14-9-13/h10,14,17H,3-9H2,1-2H3. The number of aromatic nitrogens is 2. The summed E-state index contributed by atoms with van der Waals surface area (Å²) in [6, 6.07) is 0. The minimum atomic E-state index is -1.04. The molecule has 2 rings (SSSR count). The van der Waals surface area contributed by atoms with Crippen LogP contribution in [0.5, 0.6) is 0 Å². The molecule has 0 aliphatic carbocycles. The van der Waals surface area contributed by atoms with E-state index in [1.807, 2.05) is 6.92 Å². The Hall–Kier alpha value is -0.980. The number of rotatable bonds is 6. The van der Waals surface area contributed by atoms with Gasteiger partial charge in [0.1, 0.15) is 6.10 Å². The molecule has 1 fully saturated rings. The molecule has 0 spiro atoms. The molecular weight excluding hydrogens is 246 g/mol. The van der Waals surface area contributed by atoms with Crippen LogP contribution in [0.3, 0.4) is 0 Å². The van der Waals surface area contributed by atoms with Crippen molar-refractivity contribution in [3.05, 3.63) is 11.7 Å². The summed E-state index contributed by atoms with van der Waals surface area (Å²) in [4.78, 5) is 4.35. The van der Waals surface area contributed by atoms with Crippen LogP contribution in [0.1, 0.15) is 57.3 Å². The van der Waals surface area contributed by atoms with Crippen LogP contribution >= 0.6 is 0 Å². The molecule has 19 heavy (non-hydrogen) atoms. The Morgan fingerprint density at radius 1 is 1.53 bits per heavy atom. The maximum atomic E-state index is 10.5. The van der Waals surface area contributed by atoms with Crippen LogP contribution in [0.25, 0.3) is 0 Å². The Morgan fingerprint density at radius 2 is 2.37 bits per heavy atom. The van der Waals surface area contributed by atoms with Gasteiger partial charge >= 0.3 is 0 Å². The third-order valence-electron chi connectivity index (χ3n) is 3.41. The second kappa shape index (κ2) is 6.45. The van der Waals surface area contributed by atoms with Gasteiger partial charge in [0, 0.05) is 13.2 Å². The summed E-state index contributed by atoms with van der Waals surface area (Å²) >= 11 is 0. The topological polar surface area (TPSA) is 80.4 Å². The Bertz CT molecular complexity index is 382. The number of nitrogens with one attached hydrogen (secondary N) is 1. The van der Waals surface area contributed by atoms with E-state index >= 15 is 0 Å². The van der Waals surface area contributed by atoms with Gasteiger partial charge in [-0.2, -0.15) is 4.98 Å². The molecule has 6 heteroatoms. The summed E-state index contributed by atoms with van der Waals surface area (Å²) in [5.74, 6) is 0.841. The van der Waals surface area contributed by atoms with E-state index in [2.05, 4.69) is 22.4 Å². The quantitative estimate of drug-likeness (QED) is 0.815. The summed E-state index contributed by atoms with van der Waals surface area (Å²) in [5.41, 5.74) is -1.04. The smallest absolute Gasteiger partial charge is 0.260 e. The first-order valence-corrected chi connectivity index (χ1v) is 7.08. The van der Waals surface area contributed by atoms with Crippen LogP contribution in [0.15, 0.2) is 4.52 Å². The molecular formula is C13H23N3O3. The molecule has 0 aromatic carbocycles. The number of piperidine rings is 1. The van der Waals surface area contributed by atoms with Gasteiger partial charge in [-0.3, -0.25) is 0 Å². The zero-order valence-electron chi connectivity index (χ0n) is 11.7. The Kier molecular flexibility index (Phi) is 4.90. The third-order valence-corrected chi connectivity index (χ3v) is 3.41.